The van der Waals surface area contributed by atoms with Crippen LogP contribution in [0.5, 0.6) is 0 Å². The predicted molar refractivity (Wildman–Crippen MR) is 55.9 cm³/mol. The second kappa shape index (κ2) is 3.96. The number of anilines is 1. The Hall–Kier alpha value is -1.09. The molecule has 1 aliphatic heterocycles. The summed E-state index contributed by atoms with van der Waals surface area (Å²) in [5.74, 6) is 0. The second-order valence-electron chi connectivity index (χ2n) is 3.92. The maximum absolute atomic E-state index is 5.84. The van der Waals surface area contributed by atoms with Crippen LogP contribution in [-0.2, 0) is 11.2 Å². The van der Waals surface area contributed by atoms with Crippen molar-refractivity contribution in [3.63, 3.8) is 0 Å². The Labute approximate surface area is 84.3 Å². The highest BCUT2D eigenvalue weighted by atomic mass is 16.5. The molecule has 0 bridgehead atoms. The highest BCUT2D eigenvalue weighted by Gasteiger charge is 2.22. The van der Waals surface area contributed by atoms with Crippen molar-refractivity contribution >= 4 is 5.69 Å². The van der Waals surface area contributed by atoms with Crippen molar-refractivity contribution in [1.82, 2.24) is 4.98 Å². The summed E-state index contributed by atoms with van der Waals surface area (Å²) in [6, 6.07) is 1.84. The zero-order valence-corrected chi connectivity index (χ0v) is 8.44. The normalized spacial score (nSPS) is 26.6. The van der Waals surface area contributed by atoms with Crippen LogP contribution in [0.25, 0.3) is 0 Å². The predicted octanol–water partition coefficient (Wildman–Crippen LogP) is 1.77. The Morgan fingerprint density at radius 2 is 2.43 bits per heavy atom. The standard InChI is InChI=1S/C11H16N2O/c1-8-2-3-10(14-8)6-9-7-13-5-4-11(9)12/h4-5,7-8,10H,2-3,6H2,1H3,(H2,12,13). The van der Waals surface area contributed by atoms with Gasteiger partial charge in [-0.2, -0.15) is 0 Å². The minimum Gasteiger partial charge on any atom is -0.398 e. The lowest BCUT2D eigenvalue weighted by Crippen LogP contribution is -2.12. The third kappa shape index (κ3) is 2.04. The van der Waals surface area contributed by atoms with Crippen molar-refractivity contribution in [1.29, 1.82) is 0 Å². The Kier molecular flexibility index (Phi) is 2.68. The second-order valence-corrected chi connectivity index (χ2v) is 3.92. The smallest absolute Gasteiger partial charge is 0.0621 e. The topological polar surface area (TPSA) is 48.1 Å². The van der Waals surface area contributed by atoms with Gasteiger partial charge in [-0.15, -0.1) is 0 Å². The van der Waals surface area contributed by atoms with Gasteiger partial charge < -0.3 is 10.5 Å². The van der Waals surface area contributed by atoms with E-state index in [1.165, 1.54) is 0 Å². The van der Waals surface area contributed by atoms with Crippen LogP contribution in [-0.4, -0.2) is 17.2 Å². The van der Waals surface area contributed by atoms with E-state index in [-0.39, 0.29) is 0 Å². The molecule has 1 saturated heterocycles. The van der Waals surface area contributed by atoms with Gasteiger partial charge in [-0.3, -0.25) is 4.98 Å². The van der Waals surface area contributed by atoms with Crippen LogP contribution in [0.15, 0.2) is 18.5 Å². The Balaban J connectivity index is 2.01. The number of ether oxygens (including phenoxy) is 1. The van der Waals surface area contributed by atoms with E-state index in [9.17, 15) is 0 Å². The maximum atomic E-state index is 5.84. The lowest BCUT2D eigenvalue weighted by atomic mass is 10.1. The van der Waals surface area contributed by atoms with Crippen molar-refractivity contribution < 1.29 is 4.74 Å². The molecule has 0 spiro atoms. The lowest BCUT2D eigenvalue weighted by molar-refractivity contribution is 0.0564. The first-order valence-corrected chi connectivity index (χ1v) is 5.09. The van der Waals surface area contributed by atoms with E-state index < -0.39 is 0 Å². The van der Waals surface area contributed by atoms with Crippen molar-refractivity contribution in [2.24, 2.45) is 0 Å². The first-order valence-electron chi connectivity index (χ1n) is 5.09. The van der Waals surface area contributed by atoms with Gasteiger partial charge in [-0.25, -0.2) is 0 Å². The molecule has 2 rings (SSSR count). The summed E-state index contributed by atoms with van der Waals surface area (Å²) >= 11 is 0. The zero-order chi connectivity index (χ0) is 9.97. The molecule has 2 N–H and O–H groups in total. The van der Waals surface area contributed by atoms with Gasteiger partial charge in [-0.05, 0) is 31.4 Å². The molecule has 14 heavy (non-hydrogen) atoms. The van der Waals surface area contributed by atoms with Crippen LogP contribution in [0, 0.1) is 0 Å². The summed E-state index contributed by atoms with van der Waals surface area (Å²) in [6.07, 6.45) is 7.47. The Morgan fingerprint density at radius 3 is 3.07 bits per heavy atom. The van der Waals surface area contributed by atoms with Gasteiger partial charge in [0.2, 0.25) is 0 Å². The number of pyridine rings is 1. The average Bonchev–Trinajstić information content (AvgIpc) is 2.56. The van der Waals surface area contributed by atoms with Gasteiger partial charge in [0.05, 0.1) is 12.2 Å². The van der Waals surface area contributed by atoms with Gasteiger partial charge in [-0.1, -0.05) is 0 Å². The third-order valence-corrected chi connectivity index (χ3v) is 2.71. The van der Waals surface area contributed by atoms with Gasteiger partial charge in [0, 0.05) is 24.5 Å². The summed E-state index contributed by atoms with van der Waals surface area (Å²) in [4.78, 5) is 4.07. The molecule has 0 aromatic carbocycles. The molecule has 3 nitrogen and oxygen atoms in total. The fourth-order valence-corrected chi connectivity index (χ4v) is 1.89. The van der Waals surface area contributed by atoms with Gasteiger partial charge in [0.25, 0.3) is 0 Å². The van der Waals surface area contributed by atoms with Crippen LogP contribution in [0.4, 0.5) is 5.69 Å². The van der Waals surface area contributed by atoms with Gasteiger partial charge in [0.1, 0.15) is 0 Å². The van der Waals surface area contributed by atoms with Crippen LogP contribution in [0.3, 0.4) is 0 Å². The van der Waals surface area contributed by atoms with Crippen molar-refractivity contribution in [2.75, 3.05) is 5.73 Å². The van der Waals surface area contributed by atoms with E-state index >= 15 is 0 Å². The van der Waals surface area contributed by atoms with E-state index in [0.29, 0.717) is 12.2 Å². The Morgan fingerprint density at radius 1 is 1.57 bits per heavy atom. The molecule has 1 fully saturated rings. The number of aromatic nitrogens is 1. The molecule has 3 heteroatoms. The molecule has 2 atom stereocenters. The number of rotatable bonds is 2. The van der Waals surface area contributed by atoms with E-state index in [1.807, 2.05) is 12.3 Å². The molecule has 0 aliphatic carbocycles. The highest BCUT2D eigenvalue weighted by Crippen LogP contribution is 2.23. The fourth-order valence-electron chi connectivity index (χ4n) is 1.89. The molecule has 1 aliphatic rings. The first kappa shape index (κ1) is 9.46. The van der Waals surface area contributed by atoms with Crippen LogP contribution in [0.2, 0.25) is 0 Å². The number of nitrogen functional groups attached to an aromatic ring is 1. The number of nitrogens with two attached hydrogens (primary N) is 1. The monoisotopic (exact) mass is 192 g/mol. The lowest BCUT2D eigenvalue weighted by Gasteiger charge is -2.11. The van der Waals surface area contributed by atoms with Crippen LogP contribution >= 0.6 is 0 Å². The highest BCUT2D eigenvalue weighted by molar-refractivity contribution is 5.44. The van der Waals surface area contributed by atoms with Crippen LogP contribution in [0.1, 0.15) is 25.3 Å². The van der Waals surface area contributed by atoms with Crippen molar-refractivity contribution in [3.8, 4) is 0 Å². The van der Waals surface area contributed by atoms with E-state index in [4.69, 9.17) is 10.5 Å². The molecule has 0 radical (unpaired) electrons. The summed E-state index contributed by atoms with van der Waals surface area (Å²) in [6.45, 7) is 2.12. The zero-order valence-electron chi connectivity index (χ0n) is 8.44. The molecular weight excluding hydrogens is 176 g/mol. The summed E-state index contributed by atoms with van der Waals surface area (Å²) in [5.41, 5.74) is 7.76. The fraction of sp³-hybridized carbons (Fsp3) is 0.545. The summed E-state index contributed by atoms with van der Waals surface area (Å²) in [7, 11) is 0. The van der Waals surface area contributed by atoms with Gasteiger partial charge >= 0.3 is 0 Å². The van der Waals surface area contributed by atoms with E-state index in [0.717, 1.165) is 30.5 Å². The molecule has 2 heterocycles. The summed E-state index contributed by atoms with van der Waals surface area (Å²) < 4.78 is 5.74. The van der Waals surface area contributed by atoms with Crippen molar-refractivity contribution in [3.05, 3.63) is 24.0 Å². The van der Waals surface area contributed by atoms with Crippen LogP contribution < -0.4 is 5.73 Å². The Bertz CT molecular complexity index is 314. The average molecular weight is 192 g/mol. The molecule has 76 valence electrons. The third-order valence-electron chi connectivity index (χ3n) is 2.71. The molecular formula is C11H16N2O. The minimum absolute atomic E-state index is 0.330. The molecule has 1 aromatic heterocycles. The largest absolute Gasteiger partial charge is 0.398 e. The van der Waals surface area contributed by atoms with Gasteiger partial charge in [0.15, 0.2) is 0 Å². The minimum atomic E-state index is 0.330. The molecule has 0 saturated carbocycles. The number of hydrogen-bond donors (Lipinski definition) is 1. The van der Waals surface area contributed by atoms with E-state index in [2.05, 4.69) is 11.9 Å². The number of hydrogen-bond acceptors (Lipinski definition) is 3. The maximum Gasteiger partial charge on any atom is 0.0621 e. The van der Waals surface area contributed by atoms with Crippen molar-refractivity contribution in [2.45, 2.75) is 38.4 Å². The molecule has 0 amide bonds. The van der Waals surface area contributed by atoms with E-state index in [1.54, 1.807) is 6.20 Å². The quantitative estimate of drug-likeness (QED) is 0.777. The summed E-state index contributed by atoms with van der Waals surface area (Å²) in [5, 5.41) is 0. The SMILES string of the molecule is CC1CCC(Cc2cnccc2N)O1. The first-order chi connectivity index (χ1) is 6.75. The molecule has 2 unspecified atom stereocenters. The number of nitrogens with zero attached hydrogens (tertiary/aromatic N) is 1. The molecule has 1 aromatic rings.